The third kappa shape index (κ3) is 4.24. The van der Waals surface area contributed by atoms with Crippen molar-refractivity contribution in [3.05, 3.63) is 89.1 Å². The summed E-state index contributed by atoms with van der Waals surface area (Å²) >= 11 is 0. The van der Waals surface area contributed by atoms with E-state index in [0.29, 0.717) is 6.04 Å². The number of allylic oxidation sites excluding steroid dienone is 2. The van der Waals surface area contributed by atoms with Crippen LogP contribution in [0.25, 0.3) is 0 Å². The van der Waals surface area contributed by atoms with E-state index in [2.05, 4.69) is 103 Å². The van der Waals surface area contributed by atoms with Crippen LogP contribution in [0.5, 0.6) is 0 Å². The number of anilines is 1. The Labute approximate surface area is 192 Å². The number of hydrogen-bond acceptors (Lipinski definition) is 4. The quantitative estimate of drug-likeness (QED) is 0.671. The lowest BCUT2D eigenvalue weighted by Gasteiger charge is -2.35. The number of nitrogens with one attached hydrogen (secondary N) is 1. The summed E-state index contributed by atoms with van der Waals surface area (Å²) in [7, 11) is 0. The normalized spacial score (nSPS) is 24.6. The Hall–Kier alpha value is -2.85. The molecule has 0 saturated carbocycles. The van der Waals surface area contributed by atoms with Crippen LogP contribution in [-0.4, -0.2) is 29.5 Å². The predicted octanol–water partition coefficient (Wildman–Crippen LogP) is 5.64. The maximum atomic E-state index is 5.09. The van der Waals surface area contributed by atoms with Gasteiger partial charge in [-0.1, -0.05) is 47.5 Å². The number of fused-ring (bicyclic) bond motifs is 1. The fraction of sp³-hybridized carbons (Fsp3) is 0.393. The van der Waals surface area contributed by atoms with Gasteiger partial charge >= 0.3 is 0 Å². The molecule has 166 valence electrons. The van der Waals surface area contributed by atoms with Gasteiger partial charge in [0.05, 0.1) is 0 Å². The highest BCUT2D eigenvalue weighted by Gasteiger charge is 2.35. The molecule has 5 rings (SSSR count). The molecule has 32 heavy (non-hydrogen) atoms. The summed E-state index contributed by atoms with van der Waals surface area (Å²) in [5.41, 5.74) is 6.54. The summed E-state index contributed by atoms with van der Waals surface area (Å²) in [5.74, 6) is 1.03. The SMILES string of the molecule is Cc1cc(C)cc(CNC2C(c3ccc(N4CCCCC4C)cc3)N=C3C=CC=CN32)c1. The fourth-order valence-electron chi connectivity index (χ4n) is 5.36. The average molecular weight is 427 g/mol. The van der Waals surface area contributed by atoms with Gasteiger partial charge in [-0.2, -0.15) is 0 Å². The first-order valence-electron chi connectivity index (χ1n) is 12.0. The minimum atomic E-state index is 0.0659. The first-order valence-corrected chi connectivity index (χ1v) is 12.0. The van der Waals surface area contributed by atoms with Crippen LogP contribution >= 0.6 is 0 Å². The monoisotopic (exact) mass is 426 g/mol. The van der Waals surface area contributed by atoms with Gasteiger partial charge in [0.2, 0.25) is 0 Å². The van der Waals surface area contributed by atoms with Crippen molar-refractivity contribution >= 4 is 11.5 Å². The molecular weight excluding hydrogens is 392 g/mol. The third-order valence-electron chi connectivity index (χ3n) is 6.90. The van der Waals surface area contributed by atoms with Gasteiger partial charge in [-0.25, -0.2) is 0 Å². The van der Waals surface area contributed by atoms with Gasteiger partial charge in [0.1, 0.15) is 18.0 Å². The number of aryl methyl sites for hydroxylation is 2. The van der Waals surface area contributed by atoms with E-state index in [9.17, 15) is 0 Å². The highest BCUT2D eigenvalue weighted by atomic mass is 15.4. The lowest BCUT2D eigenvalue weighted by atomic mass is 10.0. The van der Waals surface area contributed by atoms with Crippen LogP contribution in [0.3, 0.4) is 0 Å². The highest BCUT2D eigenvalue weighted by molar-refractivity contribution is 5.96. The van der Waals surface area contributed by atoms with Crippen LogP contribution in [0.2, 0.25) is 0 Å². The minimum Gasteiger partial charge on any atom is -0.369 e. The summed E-state index contributed by atoms with van der Waals surface area (Å²) in [6.45, 7) is 8.66. The molecular formula is C28H34N4. The lowest BCUT2D eigenvalue weighted by molar-refractivity contribution is 0.314. The summed E-state index contributed by atoms with van der Waals surface area (Å²) in [5, 5.41) is 3.80. The van der Waals surface area contributed by atoms with Crippen LogP contribution in [0.4, 0.5) is 5.69 Å². The van der Waals surface area contributed by atoms with E-state index in [1.807, 2.05) is 0 Å². The molecule has 3 aliphatic rings. The molecule has 2 aromatic carbocycles. The second-order valence-electron chi connectivity index (χ2n) is 9.49. The van der Waals surface area contributed by atoms with Gasteiger partial charge in [0.15, 0.2) is 0 Å². The summed E-state index contributed by atoms with van der Waals surface area (Å²) in [4.78, 5) is 9.92. The van der Waals surface area contributed by atoms with Crippen molar-refractivity contribution in [1.29, 1.82) is 0 Å². The molecule has 4 nitrogen and oxygen atoms in total. The first-order chi connectivity index (χ1) is 15.6. The van der Waals surface area contributed by atoms with Crippen molar-refractivity contribution in [2.45, 2.75) is 64.8 Å². The predicted molar refractivity (Wildman–Crippen MR) is 134 cm³/mol. The maximum absolute atomic E-state index is 5.09. The Morgan fingerprint density at radius 2 is 1.78 bits per heavy atom. The van der Waals surface area contributed by atoms with Crippen LogP contribution < -0.4 is 10.2 Å². The lowest BCUT2D eigenvalue weighted by Crippen LogP contribution is -2.44. The zero-order chi connectivity index (χ0) is 22.1. The summed E-state index contributed by atoms with van der Waals surface area (Å²) < 4.78 is 0. The highest BCUT2D eigenvalue weighted by Crippen LogP contribution is 2.34. The molecule has 3 atom stereocenters. The molecule has 1 fully saturated rings. The topological polar surface area (TPSA) is 30.9 Å². The van der Waals surface area contributed by atoms with Crippen molar-refractivity contribution in [2.24, 2.45) is 4.99 Å². The molecule has 2 aromatic rings. The smallest absolute Gasteiger partial charge is 0.129 e. The third-order valence-corrected chi connectivity index (χ3v) is 6.90. The second-order valence-corrected chi connectivity index (χ2v) is 9.49. The van der Waals surface area contributed by atoms with Crippen molar-refractivity contribution in [1.82, 2.24) is 10.2 Å². The molecule has 3 unspecified atom stereocenters. The standard InChI is InChI=1S/C28H34N4/c1-20-16-21(2)18-23(17-20)19-29-28-27(30-26-9-5-7-15-32(26)28)24-10-12-25(13-11-24)31-14-6-4-8-22(31)3/h5,7,9-13,15-18,22,27-29H,4,6,8,14,19H2,1-3H3. The van der Waals surface area contributed by atoms with Gasteiger partial charge in [0.25, 0.3) is 0 Å². The van der Waals surface area contributed by atoms with Crippen molar-refractivity contribution in [2.75, 3.05) is 11.4 Å². The summed E-state index contributed by atoms with van der Waals surface area (Å²) in [6.07, 6.45) is 12.4. The Balaban J connectivity index is 1.37. The van der Waals surface area contributed by atoms with E-state index in [0.717, 1.165) is 18.9 Å². The van der Waals surface area contributed by atoms with Crippen LogP contribution in [0.1, 0.15) is 54.5 Å². The van der Waals surface area contributed by atoms with Crippen LogP contribution in [0, 0.1) is 13.8 Å². The van der Waals surface area contributed by atoms with E-state index in [4.69, 9.17) is 4.99 Å². The number of benzene rings is 2. The number of aliphatic imine (C=N–C) groups is 1. The van der Waals surface area contributed by atoms with Crippen LogP contribution in [-0.2, 0) is 6.54 Å². The number of piperidine rings is 1. The van der Waals surface area contributed by atoms with Gasteiger partial charge < -0.3 is 9.80 Å². The van der Waals surface area contributed by atoms with Crippen molar-refractivity contribution in [3.8, 4) is 0 Å². The van der Waals surface area contributed by atoms with Crippen LogP contribution in [0.15, 0.2) is 71.9 Å². The van der Waals surface area contributed by atoms with Crippen molar-refractivity contribution in [3.63, 3.8) is 0 Å². The molecule has 0 spiro atoms. The zero-order valence-electron chi connectivity index (χ0n) is 19.5. The number of amidine groups is 1. The molecule has 3 heterocycles. The molecule has 1 saturated heterocycles. The van der Waals surface area contributed by atoms with Gasteiger partial charge in [-0.15, -0.1) is 0 Å². The fourth-order valence-corrected chi connectivity index (χ4v) is 5.36. The molecule has 3 aliphatic heterocycles. The van der Waals surface area contributed by atoms with Gasteiger partial charge in [0, 0.05) is 31.0 Å². The number of rotatable bonds is 5. The Kier molecular flexibility index (Phi) is 5.88. The average Bonchev–Trinajstić information content (AvgIpc) is 3.16. The second kappa shape index (κ2) is 8.95. The molecule has 0 aliphatic carbocycles. The molecule has 4 heteroatoms. The van der Waals surface area contributed by atoms with Gasteiger partial charge in [-0.05, 0) is 75.4 Å². The van der Waals surface area contributed by atoms with E-state index in [1.165, 1.54) is 47.2 Å². The molecule has 0 bridgehead atoms. The van der Waals surface area contributed by atoms with Gasteiger partial charge in [-0.3, -0.25) is 10.3 Å². The van der Waals surface area contributed by atoms with E-state index in [-0.39, 0.29) is 12.2 Å². The Morgan fingerprint density at radius 3 is 2.53 bits per heavy atom. The number of nitrogens with zero attached hydrogens (tertiary/aromatic N) is 3. The molecule has 0 amide bonds. The van der Waals surface area contributed by atoms with E-state index >= 15 is 0 Å². The molecule has 1 N–H and O–H groups in total. The Morgan fingerprint density at radius 1 is 1.00 bits per heavy atom. The number of hydrogen-bond donors (Lipinski definition) is 1. The summed E-state index contributed by atoms with van der Waals surface area (Å²) in [6, 6.07) is 16.6. The van der Waals surface area contributed by atoms with E-state index < -0.39 is 0 Å². The van der Waals surface area contributed by atoms with Crippen molar-refractivity contribution < 1.29 is 0 Å². The first kappa shape index (κ1) is 21.0. The zero-order valence-corrected chi connectivity index (χ0v) is 19.5. The maximum Gasteiger partial charge on any atom is 0.129 e. The largest absolute Gasteiger partial charge is 0.369 e. The minimum absolute atomic E-state index is 0.0659. The molecule has 0 aromatic heterocycles. The Bertz CT molecular complexity index is 1030. The molecule has 0 radical (unpaired) electrons. The van der Waals surface area contributed by atoms with E-state index in [1.54, 1.807) is 0 Å².